The van der Waals surface area contributed by atoms with Gasteiger partial charge in [0.05, 0.1) is 6.61 Å². The molecule has 1 aliphatic carbocycles. The lowest BCUT2D eigenvalue weighted by molar-refractivity contribution is -0.217. The van der Waals surface area contributed by atoms with Crippen LogP contribution in [-0.2, 0) is 13.6 Å². The normalized spacial score (nSPS) is 32.5. The maximum absolute atomic E-state index is 11.9. The van der Waals surface area contributed by atoms with Crippen molar-refractivity contribution in [2.45, 2.75) is 108 Å². The van der Waals surface area contributed by atoms with E-state index in [1.807, 2.05) is 0 Å². The Morgan fingerprint density at radius 1 is 0.667 bits per heavy atom. The third-order valence-corrected chi connectivity index (χ3v) is 5.93. The second-order valence-electron chi connectivity index (χ2n) is 7.32. The molecule has 0 aromatic carbocycles. The molecule has 9 heteroatoms. The number of aliphatic hydroxyl groups is 5. The molecule has 1 saturated carbocycles. The minimum Gasteiger partial charge on any atom is -0.387 e. The third-order valence-electron chi connectivity index (χ3n) is 5.02. The molecule has 5 atom stereocenters. The fourth-order valence-electron chi connectivity index (χ4n) is 3.23. The lowest BCUT2D eigenvalue weighted by Gasteiger charge is -2.41. The molecule has 5 unspecified atom stereocenters. The van der Waals surface area contributed by atoms with E-state index in [-0.39, 0.29) is 6.61 Å². The number of aliphatic hydroxyl groups excluding tert-OH is 5. The summed E-state index contributed by atoms with van der Waals surface area (Å²) in [6, 6.07) is 0. The number of unbranched alkanes of at least 4 members (excludes halogenated alkanes) is 9. The van der Waals surface area contributed by atoms with Crippen LogP contribution in [0.3, 0.4) is 0 Å². The van der Waals surface area contributed by atoms with Crippen molar-refractivity contribution in [1.82, 2.24) is 0 Å². The van der Waals surface area contributed by atoms with Crippen LogP contribution in [0.15, 0.2) is 0 Å². The molecular formula is C18H37O8P. The van der Waals surface area contributed by atoms with Crippen LogP contribution in [-0.4, -0.2) is 68.8 Å². The van der Waals surface area contributed by atoms with Crippen molar-refractivity contribution >= 4 is 8.25 Å². The minimum atomic E-state index is -3.00. The first-order valence-electron chi connectivity index (χ1n) is 10.1. The average molecular weight is 412 g/mol. The van der Waals surface area contributed by atoms with Gasteiger partial charge in [-0.15, -0.1) is 0 Å². The standard InChI is InChI=1S/C18H37O8P/c1-2-3-4-5-6-7-8-9-10-11-12-25-27(24)26-18-16(22)14(20)13(19)15(21)17(18)23/h13-23,27H,2-12H2,1H3. The summed E-state index contributed by atoms with van der Waals surface area (Å²) in [6.45, 7) is 2.44. The lowest BCUT2D eigenvalue weighted by atomic mass is 9.85. The topological polar surface area (TPSA) is 137 Å². The Balaban J connectivity index is 2.10. The highest BCUT2D eigenvalue weighted by atomic mass is 31.1. The van der Waals surface area contributed by atoms with Gasteiger partial charge in [0.1, 0.15) is 36.6 Å². The van der Waals surface area contributed by atoms with Crippen molar-refractivity contribution in [2.75, 3.05) is 6.61 Å². The fourth-order valence-corrected chi connectivity index (χ4v) is 4.11. The quantitative estimate of drug-likeness (QED) is 0.214. The second-order valence-corrected chi connectivity index (χ2v) is 8.34. The molecular weight excluding hydrogens is 375 g/mol. The second kappa shape index (κ2) is 14.0. The number of rotatable bonds is 14. The first-order chi connectivity index (χ1) is 12.9. The van der Waals surface area contributed by atoms with Crippen molar-refractivity contribution < 1.29 is 39.1 Å². The Labute approximate surface area is 162 Å². The van der Waals surface area contributed by atoms with Crippen LogP contribution < -0.4 is 0 Å². The van der Waals surface area contributed by atoms with E-state index in [0.717, 1.165) is 19.3 Å². The molecule has 0 aliphatic heterocycles. The monoisotopic (exact) mass is 412 g/mol. The van der Waals surface area contributed by atoms with E-state index in [1.54, 1.807) is 0 Å². The molecule has 0 aromatic heterocycles. The summed E-state index contributed by atoms with van der Waals surface area (Å²) >= 11 is 0. The summed E-state index contributed by atoms with van der Waals surface area (Å²) in [7, 11) is -3.00. The summed E-state index contributed by atoms with van der Waals surface area (Å²) in [5.41, 5.74) is 0. The average Bonchev–Trinajstić information content (AvgIpc) is 2.66. The lowest BCUT2D eigenvalue weighted by Crippen LogP contribution is -2.63. The van der Waals surface area contributed by atoms with Crippen LogP contribution in [0.25, 0.3) is 0 Å². The fraction of sp³-hybridized carbons (Fsp3) is 1.00. The smallest absolute Gasteiger partial charge is 0.319 e. The SMILES string of the molecule is CCCCCCCCCCCCO[PH](=O)OC1C(O)C(O)C(O)C(O)C1O. The largest absolute Gasteiger partial charge is 0.387 e. The van der Waals surface area contributed by atoms with E-state index < -0.39 is 44.9 Å². The summed E-state index contributed by atoms with van der Waals surface area (Å²) in [6.07, 6.45) is 1.71. The summed E-state index contributed by atoms with van der Waals surface area (Å²) in [4.78, 5) is 0. The van der Waals surface area contributed by atoms with E-state index in [1.165, 1.54) is 44.9 Å². The zero-order valence-corrected chi connectivity index (χ0v) is 17.2. The van der Waals surface area contributed by atoms with Gasteiger partial charge in [-0.25, -0.2) is 0 Å². The van der Waals surface area contributed by atoms with Crippen molar-refractivity contribution in [1.29, 1.82) is 0 Å². The minimum absolute atomic E-state index is 0.237. The van der Waals surface area contributed by atoms with Gasteiger partial charge in [0, 0.05) is 0 Å². The van der Waals surface area contributed by atoms with Crippen molar-refractivity contribution in [3.63, 3.8) is 0 Å². The van der Waals surface area contributed by atoms with Crippen LogP contribution in [0.1, 0.15) is 71.1 Å². The van der Waals surface area contributed by atoms with E-state index in [0.29, 0.717) is 0 Å². The summed E-state index contributed by atoms with van der Waals surface area (Å²) in [5.74, 6) is 0. The predicted molar refractivity (Wildman–Crippen MR) is 102 cm³/mol. The van der Waals surface area contributed by atoms with Crippen LogP contribution in [0.4, 0.5) is 0 Å². The van der Waals surface area contributed by atoms with Gasteiger partial charge in [0.25, 0.3) is 0 Å². The molecule has 0 heterocycles. The molecule has 0 spiro atoms. The Morgan fingerprint density at radius 3 is 1.56 bits per heavy atom. The highest BCUT2D eigenvalue weighted by Gasteiger charge is 2.49. The Kier molecular flexibility index (Phi) is 13.0. The molecule has 1 rings (SSSR count). The molecule has 1 fully saturated rings. The predicted octanol–water partition coefficient (Wildman–Crippen LogP) is 1.52. The van der Waals surface area contributed by atoms with Gasteiger partial charge in [-0.3, -0.25) is 4.57 Å². The zero-order chi connectivity index (χ0) is 20.2. The van der Waals surface area contributed by atoms with Gasteiger partial charge in [-0.2, -0.15) is 0 Å². The molecule has 8 nitrogen and oxygen atoms in total. The van der Waals surface area contributed by atoms with E-state index in [9.17, 15) is 30.1 Å². The number of hydrogen-bond donors (Lipinski definition) is 5. The summed E-state index contributed by atoms with van der Waals surface area (Å²) < 4.78 is 21.9. The van der Waals surface area contributed by atoms with Gasteiger partial charge in [-0.05, 0) is 6.42 Å². The molecule has 27 heavy (non-hydrogen) atoms. The van der Waals surface area contributed by atoms with Gasteiger partial charge in [0.15, 0.2) is 0 Å². The van der Waals surface area contributed by atoms with Crippen molar-refractivity contribution in [3.05, 3.63) is 0 Å². The van der Waals surface area contributed by atoms with E-state index in [2.05, 4.69) is 6.92 Å². The van der Waals surface area contributed by atoms with Crippen LogP contribution in [0, 0.1) is 0 Å². The van der Waals surface area contributed by atoms with Crippen LogP contribution >= 0.6 is 8.25 Å². The molecule has 1 aliphatic rings. The third kappa shape index (κ3) is 8.88. The van der Waals surface area contributed by atoms with Gasteiger partial charge < -0.3 is 34.6 Å². The first kappa shape index (κ1) is 25.0. The van der Waals surface area contributed by atoms with Crippen molar-refractivity contribution in [3.8, 4) is 0 Å². The van der Waals surface area contributed by atoms with Gasteiger partial charge in [-0.1, -0.05) is 64.7 Å². The van der Waals surface area contributed by atoms with Crippen LogP contribution in [0.2, 0.25) is 0 Å². The van der Waals surface area contributed by atoms with Gasteiger partial charge in [0.2, 0.25) is 0 Å². The Hall–Kier alpha value is -0.0500. The Morgan fingerprint density at radius 2 is 1.07 bits per heavy atom. The molecule has 0 radical (unpaired) electrons. The molecule has 5 N–H and O–H groups in total. The zero-order valence-electron chi connectivity index (χ0n) is 16.2. The highest BCUT2D eigenvalue weighted by Crippen LogP contribution is 2.33. The number of hydrogen-bond acceptors (Lipinski definition) is 8. The highest BCUT2D eigenvalue weighted by molar-refractivity contribution is 7.33. The summed E-state index contributed by atoms with van der Waals surface area (Å²) in [5, 5.41) is 48.3. The Bertz CT molecular complexity index is 395. The molecule has 0 aromatic rings. The maximum Gasteiger partial charge on any atom is 0.319 e. The van der Waals surface area contributed by atoms with Gasteiger partial charge >= 0.3 is 8.25 Å². The molecule has 0 bridgehead atoms. The maximum atomic E-state index is 11.9. The molecule has 0 amide bonds. The molecule has 162 valence electrons. The van der Waals surface area contributed by atoms with E-state index >= 15 is 0 Å². The van der Waals surface area contributed by atoms with Crippen LogP contribution in [0.5, 0.6) is 0 Å². The van der Waals surface area contributed by atoms with E-state index in [4.69, 9.17) is 9.05 Å². The molecule has 0 saturated heterocycles. The van der Waals surface area contributed by atoms with Crippen molar-refractivity contribution in [2.24, 2.45) is 0 Å². The first-order valence-corrected chi connectivity index (χ1v) is 11.4.